The standard InChI is InChI=1S/C15H23N3O2/c1-2-18-14(5-6-16-18)10-17-12-3-4-13(17)8-11(7-12)9-15(19)20/h5-6,11-13H,2-4,7-10H2,1H3,(H,19,20). The SMILES string of the molecule is CCn1nccc1CN1C2CCC1CC(CC(=O)O)C2. The normalized spacial score (nSPS) is 29.8. The minimum absolute atomic E-state index is 0.341. The molecule has 1 N–H and O–H groups in total. The third kappa shape index (κ3) is 2.59. The van der Waals surface area contributed by atoms with E-state index in [0.29, 0.717) is 24.4 Å². The number of carboxylic acids is 1. The van der Waals surface area contributed by atoms with Gasteiger partial charge in [-0.2, -0.15) is 5.10 Å². The van der Waals surface area contributed by atoms with Gasteiger partial charge in [0.25, 0.3) is 0 Å². The number of aromatic nitrogens is 2. The second kappa shape index (κ2) is 5.56. The molecule has 1 aromatic heterocycles. The van der Waals surface area contributed by atoms with Crippen LogP contribution in [0.15, 0.2) is 12.3 Å². The smallest absolute Gasteiger partial charge is 0.303 e. The Morgan fingerprint density at radius 3 is 2.70 bits per heavy atom. The Morgan fingerprint density at radius 1 is 1.40 bits per heavy atom. The van der Waals surface area contributed by atoms with E-state index < -0.39 is 5.97 Å². The van der Waals surface area contributed by atoms with Crippen molar-refractivity contribution in [3.05, 3.63) is 18.0 Å². The molecule has 20 heavy (non-hydrogen) atoms. The average Bonchev–Trinajstić information content (AvgIpc) is 2.93. The Balaban J connectivity index is 1.66. The van der Waals surface area contributed by atoms with Crippen LogP contribution in [0.3, 0.4) is 0 Å². The Labute approximate surface area is 119 Å². The molecule has 0 aromatic carbocycles. The zero-order valence-electron chi connectivity index (χ0n) is 12.0. The van der Waals surface area contributed by atoms with Gasteiger partial charge in [0.05, 0.1) is 5.69 Å². The molecule has 0 aliphatic carbocycles. The molecule has 2 aliphatic rings. The van der Waals surface area contributed by atoms with E-state index in [1.165, 1.54) is 18.5 Å². The monoisotopic (exact) mass is 277 g/mol. The lowest BCUT2D eigenvalue weighted by Crippen LogP contribution is -2.43. The summed E-state index contributed by atoms with van der Waals surface area (Å²) in [7, 11) is 0. The van der Waals surface area contributed by atoms with E-state index >= 15 is 0 Å². The van der Waals surface area contributed by atoms with Crippen LogP contribution >= 0.6 is 0 Å². The predicted molar refractivity (Wildman–Crippen MR) is 75.2 cm³/mol. The fourth-order valence-electron chi connectivity index (χ4n) is 4.02. The van der Waals surface area contributed by atoms with Gasteiger partial charge < -0.3 is 5.11 Å². The van der Waals surface area contributed by atoms with Gasteiger partial charge >= 0.3 is 5.97 Å². The number of fused-ring (bicyclic) bond motifs is 2. The molecule has 0 radical (unpaired) electrons. The number of hydrogen-bond acceptors (Lipinski definition) is 3. The van der Waals surface area contributed by atoms with Crippen LogP contribution < -0.4 is 0 Å². The molecule has 0 amide bonds. The van der Waals surface area contributed by atoms with Crippen molar-refractivity contribution in [1.29, 1.82) is 0 Å². The number of rotatable bonds is 5. The number of carbonyl (C=O) groups is 1. The van der Waals surface area contributed by atoms with Crippen molar-refractivity contribution in [3.8, 4) is 0 Å². The van der Waals surface area contributed by atoms with Crippen molar-refractivity contribution in [1.82, 2.24) is 14.7 Å². The molecule has 1 aromatic rings. The topological polar surface area (TPSA) is 58.4 Å². The minimum atomic E-state index is -0.646. The van der Waals surface area contributed by atoms with Crippen molar-refractivity contribution < 1.29 is 9.90 Å². The first-order valence-electron chi connectivity index (χ1n) is 7.65. The lowest BCUT2D eigenvalue weighted by atomic mass is 9.88. The first-order valence-corrected chi connectivity index (χ1v) is 7.65. The molecule has 3 rings (SSSR count). The Morgan fingerprint density at radius 2 is 2.10 bits per heavy atom. The van der Waals surface area contributed by atoms with Crippen molar-refractivity contribution in [3.63, 3.8) is 0 Å². The minimum Gasteiger partial charge on any atom is -0.481 e. The van der Waals surface area contributed by atoms with Gasteiger partial charge in [0.15, 0.2) is 0 Å². The van der Waals surface area contributed by atoms with Gasteiger partial charge in [-0.25, -0.2) is 0 Å². The van der Waals surface area contributed by atoms with Crippen LogP contribution in [0, 0.1) is 5.92 Å². The van der Waals surface area contributed by atoms with Gasteiger partial charge in [-0.05, 0) is 44.6 Å². The second-order valence-corrected chi connectivity index (χ2v) is 6.13. The van der Waals surface area contributed by atoms with Gasteiger partial charge in [0, 0.05) is 37.8 Å². The predicted octanol–water partition coefficient (Wildman–Crippen LogP) is 2.12. The highest BCUT2D eigenvalue weighted by Gasteiger charge is 2.41. The molecule has 5 heteroatoms. The van der Waals surface area contributed by atoms with E-state index in [9.17, 15) is 4.79 Å². The summed E-state index contributed by atoms with van der Waals surface area (Å²) in [6.45, 7) is 3.99. The van der Waals surface area contributed by atoms with E-state index in [1.54, 1.807) is 0 Å². The van der Waals surface area contributed by atoms with E-state index in [-0.39, 0.29) is 0 Å². The molecule has 110 valence electrons. The van der Waals surface area contributed by atoms with Gasteiger partial charge in [-0.1, -0.05) is 0 Å². The first-order chi connectivity index (χ1) is 9.67. The van der Waals surface area contributed by atoms with Crippen molar-refractivity contribution in [2.45, 2.75) is 64.2 Å². The molecule has 0 saturated carbocycles. The Kier molecular flexibility index (Phi) is 3.78. The number of aryl methyl sites for hydroxylation is 1. The molecule has 5 nitrogen and oxygen atoms in total. The van der Waals surface area contributed by atoms with Crippen LogP contribution in [-0.4, -0.2) is 37.8 Å². The number of hydrogen-bond donors (Lipinski definition) is 1. The Bertz CT molecular complexity index is 471. The fraction of sp³-hybridized carbons (Fsp3) is 0.733. The number of carboxylic acid groups (broad SMARTS) is 1. The molecule has 2 aliphatic heterocycles. The second-order valence-electron chi connectivity index (χ2n) is 6.13. The summed E-state index contributed by atoms with van der Waals surface area (Å²) in [5.74, 6) is -0.274. The molecule has 2 unspecified atom stereocenters. The van der Waals surface area contributed by atoms with Gasteiger partial charge in [0.1, 0.15) is 0 Å². The molecule has 2 bridgehead atoms. The molecule has 3 heterocycles. The molecule has 2 atom stereocenters. The first kappa shape index (κ1) is 13.6. The van der Waals surface area contributed by atoms with E-state index in [4.69, 9.17) is 5.11 Å². The maximum absolute atomic E-state index is 10.9. The highest BCUT2D eigenvalue weighted by atomic mass is 16.4. The van der Waals surface area contributed by atoms with E-state index in [1.807, 2.05) is 6.20 Å². The van der Waals surface area contributed by atoms with E-state index in [0.717, 1.165) is 25.9 Å². The fourth-order valence-corrected chi connectivity index (χ4v) is 4.02. The van der Waals surface area contributed by atoms with Crippen molar-refractivity contribution >= 4 is 5.97 Å². The van der Waals surface area contributed by atoms with Gasteiger partial charge in [0.2, 0.25) is 0 Å². The van der Waals surface area contributed by atoms with Crippen LogP contribution in [0.25, 0.3) is 0 Å². The van der Waals surface area contributed by atoms with Crippen LogP contribution in [-0.2, 0) is 17.9 Å². The van der Waals surface area contributed by atoms with Crippen LogP contribution in [0.5, 0.6) is 0 Å². The summed E-state index contributed by atoms with van der Waals surface area (Å²) in [5, 5.41) is 13.3. The van der Waals surface area contributed by atoms with Crippen LogP contribution in [0.1, 0.15) is 44.7 Å². The lowest BCUT2D eigenvalue weighted by molar-refractivity contribution is -0.138. The summed E-state index contributed by atoms with van der Waals surface area (Å²) in [4.78, 5) is 13.5. The van der Waals surface area contributed by atoms with Crippen LogP contribution in [0.2, 0.25) is 0 Å². The summed E-state index contributed by atoms with van der Waals surface area (Å²) in [5.41, 5.74) is 1.28. The molecular formula is C15H23N3O2. The highest BCUT2D eigenvalue weighted by Crippen LogP contribution is 2.40. The summed E-state index contributed by atoms with van der Waals surface area (Å²) in [6.07, 6.45) is 6.75. The third-order valence-electron chi connectivity index (χ3n) is 4.89. The van der Waals surface area contributed by atoms with Gasteiger partial charge in [-0.15, -0.1) is 0 Å². The zero-order valence-corrected chi connectivity index (χ0v) is 12.0. The number of piperidine rings is 1. The lowest BCUT2D eigenvalue weighted by Gasteiger charge is -2.38. The molecule has 2 saturated heterocycles. The van der Waals surface area contributed by atoms with Gasteiger partial charge in [-0.3, -0.25) is 14.4 Å². The van der Waals surface area contributed by atoms with Crippen molar-refractivity contribution in [2.24, 2.45) is 5.92 Å². The summed E-state index contributed by atoms with van der Waals surface area (Å²) >= 11 is 0. The van der Waals surface area contributed by atoms with Crippen molar-refractivity contribution in [2.75, 3.05) is 0 Å². The van der Waals surface area contributed by atoms with E-state index in [2.05, 4.69) is 27.7 Å². The highest BCUT2D eigenvalue weighted by molar-refractivity contribution is 5.67. The largest absolute Gasteiger partial charge is 0.481 e. The molecule has 2 fully saturated rings. The zero-order chi connectivity index (χ0) is 14.1. The Hall–Kier alpha value is -1.36. The quantitative estimate of drug-likeness (QED) is 0.895. The summed E-state index contributed by atoms with van der Waals surface area (Å²) < 4.78 is 2.06. The molecular weight excluding hydrogens is 254 g/mol. The van der Waals surface area contributed by atoms with Crippen LogP contribution in [0.4, 0.5) is 0 Å². The molecule has 0 spiro atoms. The number of nitrogens with zero attached hydrogens (tertiary/aromatic N) is 3. The average molecular weight is 277 g/mol. The summed E-state index contributed by atoms with van der Waals surface area (Å²) in [6, 6.07) is 3.24. The maximum atomic E-state index is 10.9. The maximum Gasteiger partial charge on any atom is 0.303 e. The number of aliphatic carboxylic acids is 1. The third-order valence-corrected chi connectivity index (χ3v) is 4.89.